The van der Waals surface area contributed by atoms with Crippen molar-refractivity contribution in [3.05, 3.63) is 52.8 Å². The Balaban J connectivity index is 1.44. The fourth-order valence-electron chi connectivity index (χ4n) is 3.22. The molecule has 7 heteroatoms. The van der Waals surface area contributed by atoms with Crippen LogP contribution in [0.2, 0.25) is 0 Å². The number of aryl methyl sites for hydroxylation is 2. The van der Waals surface area contributed by atoms with Gasteiger partial charge in [0.1, 0.15) is 5.56 Å². The van der Waals surface area contributed by atoms with Gasteiger partial charge >= 0.3 is 5.97 Å². The summed E-state index contributed by atoms with van der Waals surface area (Å²) in [5.74, 6) is -0.660. The quantitative estimate of drug-likeness (QED) is 0.747. The first-order valence-corrected chi connectivity index (χ1v) is 9.15. The van der Waals surface area contributed by atoms with Gasteiger partial charge in [-0.05, 0) is 19.4 Å². The molecule has 3 rings (SSSR count). The van der Waals surface area contributed by atoms with Gasteiger partial charge in [-0.25, -0.2) is 4.79 Å². The zero-order valence-electron chi connectivity index (χ0n) is 16.1. The van der Waals surface area contributed by atoms with Crippen molar-refractivity contribution < 1.29 is 14.3 Å². The van der Waals surface area contributed by atoms with E-state index in [1.54, 1.807) is 23.6 Å². The van der Waals surface area contributed by atoms with Crippen LogP contribution in [0.25, 0.3) is 0 Å². The van der Waals surface area contributed by atoms with Crippen molar-refractivity contribution in [2.75, 3.05) is 32.8 Å². The number of benzene rings is 1. The molecule has 0 unspecified atom stereocenters. The number of aromatic nitrogens is 2. The summed E-state index contributed by atoms with van der Waals surface area (Å²) in [6.07, 6.45) is 1.46. The second-order valence-corrected chi connectivity index (χ2v) is 6.99. The fourth-order valence-corrected chi connectivity index (χ4v) is 3.22. The minimum Gasteiger partial charge on any atom is -0.452 e. The van der Waals surface area contributed by atoms with Gasteiger partial charge in [-0.2, -0.15) is 5.10 Å². The van der Waals surface area contributed by atoms with Gasteiger partial charge in [0.05, 0.1) is 6.20 Å². The zero-order valence-corrected chi connectivity index (χ0v) is 16.1. The van der Waals surface area contributed by atoms with E-state index in [4.69, 9.17) is 4.74 Å². The molecule has 1 saturated heterocycles. The van der Waals surface area contributed by atoms with Crippen LogP contribution in [0.1, 0.15) is 27.2 Å². The minimum atomic E-state index is -0.507. The van der Waals surface area contributed by atoms with E-state index in [-0.39, 0.29) is 12.5 Å². The molecule has 1 aromatic carbocycles. The molecule has 2 aromatic rings. The molecular weight excluding hydrogens is 344 g/mol. The summed E-state index contributed by atoms with van der Waals surface area (Å²) in [5, 5.41) is 4.02. The smallest absolute Gasteiger partial charge is 0.342 e. The molecule has 2 heterocycles. The molecule has 0 N–H and O–H groups in total. The third-order valence-electron chi connectivity index (χ3n) is 5.00. The van der Waals surface area contributed by atoms with Crippen LogP contribution in [-0.4, -0.2) is 64.2 Å². The van der Waals surface area contributed by atoms with Crippen molar-refractivity contribution in [3.63, 3.8) is 0 Å². The first-order valence-electron chi connectivity index (χ1n) is 9.15. The predicted molar refractivity (Wildman–Crippen MR) is 101 cm³/mol. The minimum absolute atomic E-state index is 0.153. The second kappa shape index (κ2) is 8.35. The molecule has 0 aliphatic carbocycles. The molecule has 0 spiro atoms. The SMILES string of the molecule is Cc1cccc(CN2CCN(C(=O)COC(=O)c3cnn(C)c3C)CC2)c1. The molecule has 0 atom stereocenters. The second-order valence-electron chi connectivity index (χ2n) is 6.99. The highest BCUT2D eigenvalue weighted by molar-refractivity contribution is 5.92. The average Bonchev–Trinajstić information content (AvgIpc) is 2.99. The third-order valence-corrected chi connectivity index (χ3v) is 5.00. The number of amides is 1. The highest BCUT2D eigenvalue weighted by Crippen LogP contribution is 2.11. The van der Waals surface area contributed by atoms with E-state index in [1.807, 2.05) is 0 Å². The third kappa shape index (κ3) is 4.74. The summed E-state index contributed by atoms with van der Waals surface area (Å²) < 4.78 is 6.78. The summed E-state index contributed by atoms with van der Waals surface area (Å²) in [5.41, 5.74) is 3.66. The van der Waals surface area contributed by atoms with E-state index in [0.29, 0.717) is 18.7 Å². The number of hydrogen-bond donors (Lipinski definition) is 0. The molecule has 1 fully saturated rings. The maximum Gasteiger partial charge on any atom is 0.342 e. The summed E-state index contributed by atoms with van der Waals surface area (Å²) >= 11 is 0. The maximum absolute atomic E-state index is 12.3. The number of piperazine rings is 1. The number of nitrogens with zero attached hydrogens (tertiary/aromatic N) is 4. The molecule has 1 aliphatic heterocycles. The van der Waals surface area contributed by atoms with Gasteiger partial charge < -0.3 is 9.64 Å². The van der Waals surface area contributed by atoms with Crippen LogP contribution in [0.5, 0.6) is 0 Å². The Bertz CT molecular complexity index is 822. The van der Waals surface area contributed by atoms with Gasteiger partial charge in [0.2, 0.25) is 0 Å². The van der Waals surface area contributed by atoms with Crippen molar-refractivity contribution in [2.24, 2.45) is 7.05 Å². The van der Waals surface area contributed by atoms with Gasteiger partial charge in [-0.15, -0.1) is 0 Å². The van der Waals surface area contributed by atoms with E-state index >= 15 is 0 Å². The molecule has 7 nitrogen and oxygen atoms in total. The van der Waals surface area contributed by atoms with Gasteiger partial charge in [0.15, 0.2) is 6.61 Å². The summed E-state index contributed by atoms with van der Waals surface area (Å²) in [7, 11) is 1.76. The lowest BCUT2D eigenvalue weighted by atomic mass is 10.1. The molecule has 27 heavy (non-hydrogen) atoms. The van der Waals surface area contributed by atoms with Crippen LogP contribution in [0, 0.1) is 13.8 Å². The highest BCUT2D eigenvalue weighted by atomic mass is 16.5. The van der Waals surface area contributed by atoms with Crippen LogP contribution in [-0.2, 0) is 23.1 Å². The monoisotopic (exact) mass is 370 g/mol. The molecule has 0 radical (unpaired) electrons. The van der Waals surface area contributed by atoms with Crippen molar-refractivity contribution in [1.29, 1.82) is 0 Å². The van der Waals surface area contributed by atoms with E-state index in [2.05, 4.69) is 41.2 Å². The van der Waals surface area contributed by atoms with Crippen molar-refractivity contribution in [3.8, 4) is 0 Å². The molecule has 1 amide bonds. The first kappa shape index (κ1) is 19.1. The van der Waals surface area contributed by atoms with Crippen molar-refractivity contribution in [2.45, 2.75) is 20.4 Å². The lowest BCUT2D eigenvalue weighted by Crippen LogP contribution is -2.49. The van der Waals surface area contributed by atoms with Gasteiger partial charge in [-0.3, -0.25) is 14.4 Å². The standard InChI is InChI=1S/C20H26N4O3/c1-15-5-4-6-17(11-15)13-23-7-9-24(10-8-23)19(25)14-27-20(26)18-12-21-22(3)16(18)2/h4-6,11-12H,7-10,13-14H2,1-3H3. The van der Waals surface area contributed by atoms with Crippen LogP contribution in [0.3, 0.4) is 0 Å². The summed E-state index contributed by atoms with van der Waals surface area (Å²) in [6, 6.07) is 8.49. The number of rotatable bonds is 5. The molecule has 144 valence electrons. The Kier molecular flexibility index (Phi) is 5.91. The molecule has 1 aliphatic rings. The van der Waals surface area contributed by atoms with Crippen LogP contribution < -0.4 is 0 Å². The fraction of sp³-hybridized carbons (Fsp3) is 0.450. The molecule has 1 aromatic heterocycles. The zero-order chi connectivity index (χ0) is 19.4. The number of hydrogen-bond acceptors (Lipinski definition) is 5. The van der Waals surface area contributed by atoms with E-state index in [1.165, 1.54) is 17.3 Å². The Labute approximate surface area is 159 Å². The Morgan fingerprint density at radius 3 is 2.52 bits per heavy atom. The van der Waals surface area contributed by atoms with Crippen LogP contribution in [0.15, 0.2) is 30.5 Å². The van der Waals surface area contributed by atoms with Crippen molar-refractivity contribution >= 4 is 11.9 Å². The Hall–Kier alpha value is -2.67. The van der Waals surface area contributed by atoms with E-state index in [9.17, 15) is 9.59 Å². The number of ether oxygens (including phenoxy) is 1. The van der Waals surface area contributed by atoms with Gasteiger partial charge in [0, 0.05) is 45.5 Å². The molecular formula is C20H26N4O3. The highest BCUT2D eigenvalue weighted by Gasteiger charge is 2.23. The summed E-state index contributed by atoms with van der Waals surface area (Å²) in [4.78, 5) is 28.5. The average molecular weight is 370 g/mol. The predicted octanol–water partition coefficient (Wildman–Crippen LogP) is 1.54. The van der Waals surface area contributed by atoms with Crippen LogP contribution in [0.4, 0.5) is 0 Å². The topological polar surface area (TPSA) is 67.7 Å². The largest absolute Gasteiger partial charge is 0.452 e. The molecule has 0 saturated carbocycles. The normalized spacial score (nSPS) is 15.0. The lowest BCUT2D eigenvalue weighted by molar-refractivity contribution is -0.136. The summed E-state index contributed by atoms with van der Waals surface area (Å²) in [6.45, 7) is 7.46. The molecule has 0 bridgehead atoms. The van der Waals surface area contributed by atoms with E-state index in [0.717, 1.165) is 25.3 Å². The van der Waals surface area contributed by atoms with Crippen molar-refractivity contribution in [1.82, 2.24) is 19.6 Å². The lowest BCUT2D eigenvalue weighted by Gasteiger charge is -2.34. The number of esters is 1. The van der Waals surface area contributed by atoms with E-state index < -0.39 is 5.97 Å². The Morgan fingerprint density at radius 1 is 1.15 bits per heavy atom. The maximum atomic E-state index is 12.3. The van der Waals surface area contributed by atoms with Gasteiger partial charge in [0.25, 0.3) is 5.91 Å². The first-order chi connectivity index (χ1) is 12.9. The number of carbonyl (C=O) groups excluding carboxylic acids is 2. The Morgan fingerprint density at radius 2 is 1.89 bits per heavy atom. The number of carbonyl (C=O) groups is 2. The van der Waals surface area contributed by atoms with Gasteiger partial charge in [-0.1, -0.05) is 29.8 Å². The van der Waals surface area contributed by atoms with Crippen LogP contribution >= 0.6 is 0 Å².